The zero-order valence-electron chi connectivity index (χ0n) is 10.7. The highest BCUT2D eigenvalue weighted by Gasteiger charge is 2.13. The molecule has 2 N–H and O–H groups in total. The largest absolute Gasteiger partial charge is 0.350 e. The molecule has 6 nitrogen and oxygen atoms in total. The molecule has 18 heavy (non-hydrogen) atoms. The molecule has 0 saturated heterocycles. The molecule has 0 saturated carbocycles. The average molecular weight is 251 g/mol. The van der Waals surface area contributed by atoms with E-state index in [9.17, 15) is 14.9 Å². The number of amides is 1. The molecule has 0 fully saturated rings. The van der Waals surface area contributed by atoms with E-state index in [1.54, 1.807) is 6.92 Å². The van der Waals surface area contributed by atoms with E-state index in [0.717, 1.165) is 0 Å². The fraction of sp³-hybridized carbons (Fsp3) is 0.417. The SMILES string of the molecule is CNC(C)CNC(=O)c1ccc([N+](=O)[O-])c(C)c1. The van der Waals surface area contributed by atoms with Gasteiger partial charge in [-0.15, -0.1) is 0 Å². The first-order chi connectivity index (χ1) is 8.45. The number of aryl methyl sites for hydroxylation is 1. The van der Waals surface area contributed by atoms with E-state index in [-0.39, 0.29) is 17.6 Å². The molecule has 1 unspecified atom stereocenters. The number of nitrogens with zero attached hydrogens (tertiary/aromatic N) is 1. The van der Waals surface area contributed by atoms with Crippen molar-refractivity contribution in [1.29, 1.82) is 0 Å². The van der Waals surface area contributed by atoms with Crippen LogP contribution in [0.25, 0.3) is 0 Å². The monoisotopic (exact) mass is 251 g/mol. The van der Waals surface area contributed by atoms with Gasteiger partial charge in [-0.2, -0.15) is 0 Å². The Labute approximate surface area is 106 Å². The maximum Gasteiger partial charge on any atom is 0.272 e. The van der Waals surface area contributed by atoms with Crippen LogP contribution in [-0.2, 0) is 0 Å². The second-order valence-corrected chi connectivity index (χ2v) is 4.16. The van der Waals surface area contributed by atoms with E-state index in [1.807, 2.05) is 14.0 Å². The van der Waals surface area contributed by atoms with Gasteiger partial charge in [-0.25, -0.2) is 0 Å². The molecule has 1 aromatic rings. The van der Waals surface area contributed by atoms with Crippen molar-refractivity contribution in [2.24, 2.45) is 0 Å². The van der Waals surface area contributed by atoms with Gasteiger partial charge in [0.05, 0.1) is 4.92 Å². The second kappa shape index (κ2) is 6.11. The summed E-state index contributed by atoms with van der Waals surface area (Å²) in [4.78, 5) is 22.0. The zero-order valence-corrected chi connectivity index (χ0v) is 10.7. The van der Waals surface area contributed by atoms with Crippen LogP contribution >= 0.6 is 0 Å². The van der Waals surface area contributed by atoms with Crippen LogP contribution in [-0.4, -0.2) is 30.5 Å². The van der Waals surface area contributed by atoms with Crippen LogP contribution in [0, 0.1) is 17.0 Å². The topological polar surface area (TPSA) is 84.3 Å². The summed E-state index contributed by atoms with van der Waals surface area (Å²) in [6.07, 6.45) is 0. The van der Waals surface area contributed by atoms with Crippen molar-refractivity contribution in [2.75, 3.05) is 13.6 Å². The van der Waals surface area contributed by atoms with Crippen LogP contribution in [0.2, 0.25) is 0 Å². The number of likely N-dealkylation sites (N-methyl/N-ethyl adjacent to an activating group) is 1. The highest BCUT2D eigenvalue weighted by Crippen LogP contribution is 2.18. The first-order valence-electron chi connectivity index (χ1n) is 5.66. The van der Waals surface area contributed by atoms with E-state index < -0.39 is 4.92 Å². The van der Waals surface area contributed by atoms with Gasteiger partial charge in [0.25, 0.3) is 11.6 Å². The van der Waals surface area contributed by atoms with Gasteiger partial charge in [0.15, 0.2) is 0 Å². The Morgan fingerprint density at radius 2 is 2.17 bits per heavy atom. The minimum Gasteiger partial charge on any atom is -0.350 e. The molecule has 0 heterocycles. The van der Waals surface area contributed by atoms with E-state index in [1.165, 1.54) is 18.2 Å². The molecule has 1 atom stereocenters. The van der Waals surface area contributed by atoms with Crippen molar-refractivity contribution in [3.8, 4) is 0 Å². The first-order valence-corrected chi connectivity index (χ1v) is 5.66. The number of nitro groups is 1. The molecule has 1 amide bonds. The number of rotatable bonds is 5. The third-order valence-corrected chi connectivity index (χ3v) is 2.72. The van der Waals surface area contributed by atoms with Crippen LogP contribution in [0.5, 0.6) is 0 Å². The van der Waals surface area contributed by atoms with E-state index in [4.69, 9.17) is 0 Å². The quantitative estimate of drug-likeness (QED) is 0.609. The first kappa shape index (κ1) is 14.1. The molecule has 1 aromatic carbocycles. The molecule has 0 aliphatic rings. The standard InChI is InChI=1S/C12H17N3O3/c1-8-6-10(4-5-11(8)15(17)18)12(16)14-7-9(2)13-3/h4-6,9,13H,7H2,1-3H3,(H,14,16). The fourth-order valence-corrected chi connectivity index (χ4v) is 1.45. The summed E-state index contributed by atoms with van der Waals surface area (Å²) in [5.41, 5.74) is 0.936. The third kappa shape index (κ3) is 3.53. The molecule has 0 bridgehead atoms. The molecule has 0 aliphatic carbocycles. The minimum absolute atomic E-state index is 0.0233. The fourth-order valence-electron chi connectivity index (χ4n) is 1.45. The van der Waals surface area contributed by atoms with Gasteiger partial charge in [0, 0.05) is 29.8 Å². The van der Waals surface area contributed by atoms with Crippen LogP contribution < -0.4 is 10.6 Å². The molecule has 6 heteroatoms. The van der Waals surface area contributed by atoms with Gasteiger partial charge >= 0.3 is 0 Å². The lowest BCUT2D eigenvalue weighted by atomic mass is 10.1. The van der Waals surface area contributed by atoms with Gasteiger partial charge in [-0.3, -0.25) is 14.9 Å². The van der Waals surface area contributed by atoms with Crippen molar-refractivity contribution in [3.63, 3.8) is 0 Å². The summed E-state index contributed by atoms with van der Waals surface area (Å²) < 4.78 is 0. The number of carbonyl (C=O) groups excluding carboxylic acids is 1. The Bertz CT molecular complexity index is 460. The van der Waals surface area contributed by atoms with Crippen LogP contribution in [0.3, 0.4) is 0 Å². The summed E-state index contributed by atoms with van der Waals surface area (Å²) in [5.74, 6) is -0.227. The van der Waals surface area contributed by atoms with Crippen LogP contribution in [0.4, 0.5) is 5.69 Å². The summed E-state index contributed by atoms with van der Waals surface area (Å²) in [6.45, 7) is 4.07. The average Bonchev–Trinajstić information content (AvgIpc) is 2.34. The summed E-state index contributed by atoms with van der Waals surface area (Å²) in [7, 11) is 1.81. The smallest absolute Gasteiger partial charge is 0.272 e. The number of carbonyl (C=O) groups is 1. The highest BCUT2D eigenvalue weighted by atomic mass is 16.6. The molecule has 0 radical (unpaired) electrons. The zero-order chi connectivity index (χ0) is 13.7. The van der Waals surface area contributed by atoms with Gasteiger partial charge in [-0.05, 0) is 33.0 Å². The number of nitrogens with one attached hydrogen (secondary N) is 2. The predicted molar refractivity (Wildman–Crippen MR) is 68.7 cm³/mol. The van der Waals surface area contributed by atoms with Gasteiger partial charge in [-0.1, -0.05) is 0 Å². The Morgan fingerprint density at radius 1 is 1.50 bits per heavy atom. The second-order valence-electron chi connectivity index (χ2n) is 4.16. The Hall–Kier alpha value is -1.95. The van der Waals surface area contributed by atoms with Crippen molar-refractivity contribution in [2.45, 2.75) is 19.9 Å². The van der Waals surface area contributed by atoms with Crippen molar-refractivity contribution < 1.29 is 9.72 Å². The number of nitro benzene ring substituents is 1. The molecular formula is C12H17N3O3. The lowest BCUT2D eigenvalue weighted by Gasteiger charge is -2.11. The molecule has 0 aromatic heterocycles. The highest BCUT2D eigenvalue weighted by molar-refractivity contribution is 5.94. The van der Waals surface area contributed by atoms with E-state index in [0.29, 0.717) is 17.7 Å². The van der Waals surface area contributed by atoms with E-state index >= 15 is 0 Å². The van der Waals surface area contributed by atoms with Crippen LogP contribution in [0.15, 0.2) is 18.2 Å². The maximum absolute atomic E-state index is 11.8. The van der Waals surface area contributed by atoms with Gasteiger partial charge in [0.2, 0.25) is 0 Å². The number of benzene rings is 1. The molecular weight excluding hydrogens is 234 g/mol. The van der Waals surface area contributed by atoms with Gasteiger partial charge in [0.1, 0.15) is 0 Å². The molecule has 98 valence electrons. The third-order valence-electron chi connectivity index (χ3n) is 2.72. The lowest BCUT2D eigenvalue weighted by molar-refractivity contribution is -0.385. The van der Waals surface area contributed by atoms with Crippen molar-refractivity contribution in [1.82, 2.24) is 10.6 Å². The molecule has 0 aliphatic heterocycles. The Balaban J connectivity index is 2.76. The van der Waals surface area contributed by atoms with Crippen molar-refractivity contribution >= 4 is 11.6 Å². The summed E-state index contributed by atoms with van der Waals surface area (Å²) >= 11 is 0. The maximum atomic E-state index is 11.8. The van der Waals surface area contributed by atoms with Crippen LogP contribution in [0.1, 0.15) is 22.8 Å². The molecule has 1 rings (SSSR count). The summed E-state index contributed by atoms with van der Waals surface area (Å²) in [5, 5.41) is 16.4. The number of hydrogen-bond acceptors (Lipinski definition) is 4. The van der Waals surface area contributed by atoms with Crippen molar-refractivity contribution in [3.05, 3.63) is 39.4 Å². The van der Waals surface area contributed by atoms with Gasteiger partial charge < -0.3 is 10.6 Å². The Morgan fingerprint density at radius 3 is 2.67 bits per heavy atom. The minimum atomic E-state index is -0.458. The Kier molecular flexibility index (Phi) is 4.79. The number of hydrogen-bond donors (Lipinski definition) is 2. The predicted octanol–water partition coefficient (Wildman–Crippen LogP) is 1.24. The normalized spacial score (nSPS) is 11.9. The summed E-state index contributed by atoms with van der Waals surface area (Å²) in [6, 6.07) is 4.52. The lowest BCUT2D eigenvalue weighted by Crippen LogP contribution is -2.37. The van der Waals surface area contributed by atoms with E-state index in [2.05, 4.69) is 10.6 Å². The molecule has 0 spiro atoms.